The van der Waals surface area contributed by atoms with Gasteiger partial charge in [0.1, 0.15) is 17.3 Å². The largest absolute Gasteiger partial charge is 0.497 e. The Kier molecular flexibility index (Phi) is 5.80. The van der Waals surface area contributed by atoms with Crippen molar-refractivity contribution < 1.29 is 14.3 Å². The Labute approximate surface area is 138 Å². The van der Waals surface area contributed by atoms with E-state index in [1.54, 1.807) is 21.1 Å². The first-order valence-electron chi connectivity index (χ1n) is 7.89. The molecule has 0 aliphatic rings. The number of rotatable bonds is 7. The van der Waals surface area contributed by atoms with Crippen molar-refractivity contribution in [3.8, 4) is 11.5 Å². The summed E-state index contributed by atoms with van der Waals surface area (Å²) >= 11 is 0. The number of carbonyl (C=O) groups is 1. The van der Waals surface area contributed by atoms with E-state index in [-0.39, 0.29) is 17.6 Å². The molecule has 0 aliphatic heterocycles. The molecule has 0 unspecified atom stereocenters. The van der Waals surface area contributed by atoms with Gasteiger partial charge in [-0.25, -0.2) is 0 Å². The molecule has 3 nitrogen and oxygen atoms in total. The molecule has 0 spiro atoms. The molecule has 0 amide bonds. The second kappa shape index (κ2) is 7.82. The third-order valence-electron chi connectivity index (χ3n) is 4.30. The molecule has 0 saturated carbocycles. The number of ether oxygens (including phenoxy) is 2. The minimum Gasteiger partial charge on any atom is -0.497 e. The van der Waals surface area contributed by atoms with Gasteiger partial charge < -0.3 is 9.47 Å². The van der Waals surface area contributed by atoms with Crippen LogP contribution in [0.15, 0.2) is 48.5 Å². The monoisotopic (exact) mass is 312 g/mol. The first-order valence-corrected chi connectivity index (χ1v) is 7.89. The third kappa shape index (κ3) is 3.92. The minimum absolute atomic E-state index is 0.145. The zero-order chi connectivity index (χ0) is 16.8. The van der Waals surface area contributed by atoms with E-state index in [1.807, 2.05) is 48.5 Å². The van der Waals surface area contributed by atoms with Gasteiger partial charge in [0.25, 0.3) is 0 Å². The molecular formula is C20H24O3. The molecule has 0 bridgehead atoms. The first-order chi connectivity index (χ1) is 11.1. The Balaban J connectivity index is 2.37. The predicted molar refractivity (Wildman–Crippen MR) is 92.4 cm³/mol. The van der Waals surface area contributed by atoms with Crippen molar-refractivity contribution in [1.29, 1.82) is 0 Å². The summed E-state index contributed by atoms with van der Waals surface area (Å²) in [5, 5.41) is 0. The lowest BCUT2D eigenvalue weighted by molar-refractivity contribution is -0.118. The molecule has 2 atom stereocenters. The summed E-state index contributed by atoms with van der Waals surface area (Å²) in [4.78, 5) is 12.3. The van der Waals surface area contributed by atoms with E-state index in [2.05, 4.69) is 6.92 Å². The summed E-state index contributed by atoms with van der Waals surface area (Å²) in [7, 11) is 3.30. The van der Waals surface area contributed by atoms with Gasteiger partial charge in [-0.05, 0) is 54.7 Å². The van der Waals surface area contributed by atoms with Gasteiger partial charge in [-0.1, -0.05) is 31.2 Å². The smallest absolute Gasteiger partial charge is 0.137 e. The highest BCUT2D eigenvalue weighted by Crippen LogP contribution is 2.37. The summed E-state index contributed by atoms with van der Waals surface area (Å²) in [6.07, 6.45) is 0.891. The van der Waals surface area contributed by atoms with Crippen LogP contribution in [0.5, 0.6) is 11.5 Å². The number of carbonyl (C=O) groups excluding carboxylic acids is 1. The number of Topliss-reactive ketones (excluding diaryl/α,β-unsaturated/α-hetero) is 1. The lowest BCUT2D eigenvalue weighted by atomic mass is 9.78. The van der Waals surface area contributed by atoms with Gasteiger partial charge >= 0.3 is 0 Å². The minimum atomic E-state index is -0.153. The van der Waals surface area contributed by atoms with Crippen LogP contribution < -0.4 is 9.47 Å². The summed E-state index contributed by atoms with van der Waals surface area (Å²) in [5.74, 6) is 1.80. The van der Waals surface area contributed by atoms with E-state index in [0.29, 0.717) is 0 Å². The van der Waals surface area contributed by atoms with Gasteiger partial charge in [-0.3, -0.25) is 4.79 Å². The highest BCUT2D eigenvalue weighted by Gasteiger charge is 2.27. The van der Waals surface area contributed by atoms with E-state index in [0.717, 1.165) is 29.0 Å². The van der Waals surface area contributed by atoms with Crippen LogP contribution in [0.2, 0.25) is 0 Å². The van der Waals surface area contributed by atoms with Crippen molar-refractivity contribution in [3.63, 3.8) is 0 Å². The molecule has 0 radical (unpaired) electrons. The molecule has 0 aromatic heterocycles. The van der Waals surface area contributed by atoms with Gasteiger partial charge in [-0.2, -0.15) is 0 Å². The first kappa shape index (κ1) is 17.1. The Morgan fingerprint density at radius 3 is 1.65 bits per heavy atom. The topological polar surface area (TPSA) is 35.5 Å². The van der Waals surface area contributed by atoms with Gasteiger partial charge in [0.2, 0.25) is 0 Å². The van der Waals surface area contributed by atoms with E-state index >= 15 is 0 Å². The Bertz CT molecular complexity index is 629. The van der Waals surface area contributed by atoms with E-state index < -0.39 is 0 Å². The van der Waals surface area contributed by atoms with Crippen LogP contribution in [0.1, 0.15) is 43.2 Å². The van der Waals surface area contributed by atoms with E-state index in [1.165, 1.54) is 0 Å². The molecule has 0 N–H and O–H groups in total. The molecule has 0 saturated heterocycles. The number of ketones is 1. The van der Waals surface area contributed by atoms with Gasteiger partial charge in [0.15, 0.2) is 0 Å². The SMILES string of the molecule is CC[C@@H](c1ccc(OC)cc1)[C@H](C(C)=O)c1ccc(OC)cc1. The highest BCUT2D eigenvalue weighted by molar-refractivity contribution is 5.84. The lowest BCUT2D eigenvalue weighted by Gasteiger charge is -2.25. The molecule has 0 heterocycles. The van der Waals surface area contributed by atoms with Crippen LogP contribution in [0.25, 0.3) is 0 Å². The van der Waals surface area contributed by atoms with Crippen LogP contribution >= 0.6 is 0 Å². The van der Waals surface area contributed by atoms with Crippen LogP contribution in [-0.2, 0) is 4.79 Å². The fourth-order valence-electron chi connectivity index (χ4n) is 3.08. The predicted octanol–water partition coefficient (Wildman–Crippen LogP) is 4.57. The van der Waals surface area contributed by atoms with Crippen LogP contribution in [-0.4, -0.2) is 20.0 Å². The van der Waals surface area contributed by atoms with Gasteiger partial charge in [-0.15, -0.1) is 0 Å². The number of benzene rings is 2. The average molecular weight is 312 g/mol. The summed E-state index contributed by atoms with van der Waals surface area (Å²) in [5.41, 5.74) is 2.19. The molecule has 2 aromatic carbocycles. The van der Waals surface area contributed by atoms with E-state index in [4.69, 9.17) is 9.47 Å². The Morgan fingerprint density at radius 2 is 1.30 bits per heavy atom. The van der Waals surface area contributed by atoms with Crippen molar-refractivity contribution in [2.75, 3.05) is 14.2 Å². The maximum absolute atomic E-state index is 12.3. The standard InChI is InChI=1S/C20H24O3/c1-5-19(15-6-10-17(22-3)11-7-15)20(14(2)21)16-8-12-18(23-4)13-9-16/h6-13,19-20H,5H2,1-4H3/t19-,20+/m0/s1. The maximum atomic E-state index is 12.3. The fraction of sp³-hybridized carbons (Fsp3) is 0.350. The Hall–Kier alpha value is -2.29. The van der Waals surface area contributed by atoms with Crippen LogP contribution in [0.3, 0.4) is 0 Å². The molecule has 0 aliphatic carbocycles. The third-order valence-corrected chi connectivity index (χ3v) is 4.30. The molecule has 2 rings (SSSR count). The molecular weight excluding hydrogens is 288 g/mol. The van der Waals surface area contributed by atoms with Crippen molar-refractivity contribution >= 4 is 5.78 Å². The van der Waals surface area contributed by atoms with E-state index in [9.17, 15) is 4.79 Å². The van der Waals surface area contributed by atoms with Crippen molar-refractivity contribution in [2.24, 2.45) is 0 Å². The van der Waals surface area contributed by atoms with Crippen molar-refractivity contribution in [2.45, 2.75) is 32.1 Å². The zero-order valence-electron chi connectivity index (χ0n) is 14.2. The maximum Gasteiger partial charge on any atom is 0.137 e. The summed E-state index contributed by atoms with van der Waals surface area (Å²) < 4.78 is 10.4. The van der Waals surface area contributed by atoms with Crippen LogP contribution in [0.4, 0.5) is 0 Å². The van der Waals surface area contributed by atoms with Gasteiger partial charge in [0.05, 0.1) is 14.2 Å². The summed E-state index contributed by atoms with van der Waals surface area (Å²) in [6, 6.07) is 15.8. The molecule has 2 aromatic rings. The normalized spacial score (nSPS) is 13.2. The number of hydrogen-bond donors (Lipinski definition) is 0. The average Bonchev–Trinajstić information content (AvgIpc) is 2.59. The van der Waals surface area contributed by atoms with Gasteiger partial charge in [0, 0.05) is 5.92 Å². The molecule has 3 heteroatoms. The quantitative estimate of drug-likeness (QED) is 0.751. The number of methoxy groups -OCH3 is 2. The second-order valence-electron chi connectivity index (χ2n) is 5.65. The zero-order valence-corrected chi connectivity index (χ0v) is 14.2. The highest BCUT2D eigenvalue weighted by atomic mass is 16.5. The fourth-order valence-corrected chi connectivity index (χ4v) is 3.08. The van der Waals surface area contributed by atoms with Crippen molar-refractivity contribution in [3.05, 3.63) is 59.7 Å². The molecule has 23 heavy (non-hydrogen) atoms. The van der Waals surface area contributed by atoms with Crippen molar-refractivity contribution in [1.82, 2.24) is 0 Å². The molecule has 0 fully saturated rings. The lowest BCUT2D eigenvalue weighted by Crippen LogP contribution is -2.18. The second-order valence-corrected chi connectivity index (χ2v) is 5.65. The van der Waals surface area contributed by atoms with Crippen LogP contribution in [0, 0.1) is 0 Å². The Morgan fingerprint density at radius 1 is 0.870 bits per heavy atom. The number of hydrogen-bond acceptors (Lipinski definition) is 3. The summed E-state index contributed by atoms with van der Waals surface area (Å²) in [6.45, 7) is 3.79. The molecule has 122 valence electrons.